The van der Waals surface area contributed by atoms with Crippen molar-refractivity contribution in [3.63, 3.8) is 0 Å². The molecule has 0 atom stereocenters. The van der Waals surface area contributed by atoms with Crippen molar-refractivity contribution in [3.8, 4) is 0 Å². The Morgan fingerprint density at radius 2 is 2.00 bits per heavy atom. The van der Waals surface area contributed by atoms with E-state index in [0.717, 1.165) is 17.0 Å². The first-order chi connectivity index (χ1) is 9.40. The molecule has 0 aliphatic heterocycles. The molecule has 2 rings (SSSR count). The maximum absolute atomic E-state index is 12.2. The molecule has 4 N–H and O–H groups in total. The van der Waals surface area contributed by atoms with Crippen LogP contribution in [0, 0.1) is 13.8 Å². The van der Waals surface area contributed by atoms with E-state index >= 15 is 0 Å². The van der Waals surface area contributed by atoms with Gasteiger partial charge >= 0.3 is 0 Å². The van der Waals surface area contributed by atoms with Crippen molar-refractivity contribution in [2.45, 2.75) is 25.2 Å². The number of benzene rings is 1. The molecule has 0 radical (unpaired) electrons. The fourth-order valence-corrected chi connectivity index (χ4v) is 3.09. The average Bonchev–Trinajstić information content (AvgIpc) is 2.86. The van der Waals surface area contributed by atoms with Crippen molar-refractivity contribution in [2.24, 2.45) is 0 Å². The van der Waals surface area contributed by atoms with Crippen LogP contribution in [0.5, 0.6) is 0 Å². The van der Waals surface area contributed by atoms with Crippen LogP contribution in [0.4, 0.5) is 5.69 Å². The number of anilines is 1. The van der Waals surface area contributed by atoms with Crippen molar-refractivity contribution in [3.05, 3.63) is 41.5 Å². The SMILES string of the molecule is Cc1cc(N)c(S(=O)(=O)NCCc2ncc[nH]2)cc1C. The number of imidazole rings is 1. The zero-order valence-corrected chi connectivity index (χ0v) is 12.3. The number of hydrogen-bond acceptors (Lipinski definition) is 4. The summed E-state index contributed by atoms with van der Waals surface area (Å²) in [7, 11) is -3.60. The molecule has 0 amide bonds. The predicted octanol–water partition coefficient (Wildman–Crippen LogP) is 1.13. The largest absolute Gasteiger partial charge is 0.398 e. The lowest BCUT2D eigenvalue weighted by atomic mass is 10.1. The maximum atomic E-state index is 12.2. The van der Waals surface area contributed by atoms with E-state index < -0.39 is 10.0 Å². The Balaban J connectivity index is 2.12. The van der Waals surface area contributed by atoms with Crippen molar-refractivity contribution >= 4 is 15.7 Å². The number of nitrogens with zero attached hydrogens (tertiary/aromatic N) is 1. The molecule has 1 aromatic heterocycles. The van der Waals surface area contributed by atoms with Gasteiger partial charge in [0.2, 0.25) is 10.0 Å². The van der Waals surface area contributed by atoms with E-state index in [0.29, 0.717) is 6.42 Å². The van der Waals surface area contributed by atoms with Gasteiger partial charge in [0.15, 0.2) is 0 Å². The molecular formula is C13H18N4O2S. The van der Waals surface area contributed by atoms with Crippen molar-refractivity contribution in [1.29, 1.82) is 0 Å². The second kappa shape index (κ2) is 5.64. The summed E-state index contributed by atoms with van der Waals surface area (Å²) >= 11 is 0. The van der Waals surface area contributed by atoms with E-state index in [1.807, 2.05) is 13.8 Å². The van der Waals surface area contributed by atoms with Crippen LogP contribution in [0.2, 0.25) is 0 Å². The fourth-order valence-electron chi connectivity index (χ4n) is 1.86. The Morgan fingerprint density at radius 3 is 2.65 bits per heavy atom. The quantitative estimate of drug-likeness (QED) is 0.719. The summed E-state index contributed by atoms with van der Waals surface area (Å²) in [5.74, 6) is 0.737. The third-order valence-electron chi connectivity index (χ3n) is 3.12. The number of aromatic nitrogens is 2. The third-order valence-corrected chi connectivity index (χ3v) is 4.64. The number of nitrogen functional groups attached to an aromatic ring is 1. The first-order valence-corrected chi connectivity index (χ1v) is 7.73. The molecule has 6 nitrogen and oxygen atoms in total. The van der Waals surface area contributed by atoms with Gasteiger partial charge in [-0.05, 0) is 37.1 Å². The molecule has 20 heavy (non-hydrogen) atoms. The van der Waals surface area contributed by atoms with E-state index in [1.54, 1.807) is 24.5 Å². The monoisotopic (exact) mass is 294 g/mol. The smallest absolute Gasteiger partial charge is 0.242 e. The van der Waals surface area contributed by atoms with Crippen LogP contribution >= 0.6 is 0 Å². The summed E-state index contributed by atoms with van der Waals surface area (Å²) < 4.78 is 27.0. The first-order valence-electron chi connectivity index (χ1n) is 6.25. The third kappa shape index (κ3) is 3.17. The van der Waals surface area contributed by atoms with Crippen molar-refractivity contribution in [1.82, 2.24) is 14.7 Å². The molecule has 0 fully saturated rings. The Morgan fingerprint density at radius 1 is 1.30 bits per heavy atom. The predicted molar refractivity (Wildman–Crippen MR) is 77.8 cm³/mol. The van der Waals surface area contributed by atoms with Crippen LogP contribution in [-0.4, -0.2) is 24.9 Å². The van der Waals surface area contributed by atoms with E-state index in [2.05, 4.69) is 14.7 Å². The summed E-state index contributed by atoms with van der Waals surface area (Å²) in [4.78, 5) is 7.08. The van der Waals surface area contributed by atoms with Gasteiger partial charge in [-0.2, -0.15) is 0 Å². The molecule has 7 heteroatoms. The van der Waals surface area contributed by atoms with Crippen molar-refractivity contribution < 1.29 is 8.42 Å². The van der Waals surface area contributed by atoms with Crippen LogP contribution in [0.15, 0.2) is 29.4 Å². The molecule has 0 saturated carbocycles. The van der Waals surface area contributed by atoms with Crippen molar-refractivity contribution in [2.75, 3.05) is 12.3 Å². The van der Waals surface area contributed by atoms with Crippen LogP contribution in [-0.2, 0) is 16.4 Å². The highest BCUT2D eigenvalue weighted by atomic mass is 32.2. The minimum absolute atomic E-state index is 0.125. The van der Waals surface area contributed by atoms with E-state index in [9.17, 15) is 8.42 Å². The lowest BCUT2D eigenvalue weighted by molar-refractivity contribution is 0.581. The highest BCUT2D eigenvalue weighted by molar-refractivity contribution is 7.89. The van der Waals surface area contributed by atoms with E-state index in [-0.39, 0.29) is 17.1 Å². The topological polar surface area (TPSA) is 101 Å². The van der Waals surface area contributed by atoms with Gasteiger partial charge in [-0.15, -0.1) is 0 Å². The fraction of sp³-hybridized carbons (Fsp3) is 0.308. The Bertz CT molecular complexity index is 693. The van der Waals surface area contributed by atoms with E-state index in [1.165, 1.54) is 0 Å². The molecule has 0 bridgehead atoms. The van der Waals surface area contributed by atoms with Gasteiger partial charge in [-0.25, -0.2) is 18.1 Å². The molecular weight excluding hydrogens is 276 g/mol. The summed E-state index contributed by atoms with van der Waals surface area (Å²) in [5, 5.41) is 0. The van der Waals surface area contributed by atoms with Gasteiger partial charge < -0.3 is 10.7 Å². The highest BCUT2D eigenvalue weighted by Gasteiger charge is 2.18. The summed E-state index contributed by atoms with van der Waals surface area (Å²) in [6.45, 7) is 4.02. The molecule has 1 heterocycles. The minimum Gasteiger partial charge on any atom is -0.398 e. The second-order valence-electron chi connectivity index (χ2n) is 4.66. The van der Waals surface area contributed by atoms with Gasteiger partial charge in [0.1, 0.15) is 10.7 Å². The molecule has 1 aromatic carbocycles. The number of aryl methyl sites for hydroxylation is 2. The van der Waals surface area contributed by atoms with Gasteiger partial charge in [-0.1, -0.05) is 0 Å². The van der Waals surface area contributed by atoms with Crippen LogP contribution in [0.25, 0.3) is 0 Å². The molecule has 2 aromatic rings. The summed E-state index contributed by atoms with van der Waals surface area (Å²) in [5.41, 5.74) is 7.93. The minimum atomic E-state index is -3.60. The van der Waals surface area contributed by atoms with Gasteiger partial charge in [0.25, 0.3) is 0 Å². The average molecular weight is 294 g/mol. The number of sulfonamides is 1. The standard InChI is InChI=1S/C13H18N4O2S/c1-9-7-11(14)12(8-10(9)2)20(18,19)17-4-3-13-15-5-6-16-13/h5-8,17H,3-4,14H2,1-2H3,(H,15,16). The summed E-state index contributed by atoms with van der Waals surface area (Å²) in [6.07, 6.45) is 3.83. The second-order valence-corrected chi connectivity index (χ2v) is 6.39. The lowest BCUT2D eigenvalue weighted by Crippen LogP contribution is -2.27. The van der Waals surface area contributed by atoms with E-state index in [4.69, 9.17) is 5.73 Å². The molecule has 108 valence electrons. The number of aromatic amines is 1. The number of H-pyrrole nitrogens is 1. The van der Waals surface area contributed by atoms with Crippen LogP contribution < -0.4 is 10.5 Å². The Kier molecular flexibility index (Phi) is 4.10. The number of rotatable bonds is 5. The number of nitrogens with two attached hydrogens (primary N) is 1. The normalized spacial score (nSPS) is 11.7. The Hall–Kier alpha value is -1.86. The zero-order valence-electron chi connectivity index (χ0n) is 11.5. The zero-order chi connectivity index (χ0) is 14.8. The van der Waals surface area contributed by atoms with Gasteiger partial charge in [0, 0.05) is 25.4 Å². The maximum Gasteiger partial charge on any atom is 0.242 e. The Labute approximate surface area is 118 Å². The summed E-state index contributed by atoms with van der Waals surface area (Å²) in [6, 6.07) is 3.27. The molecule has 0 aliphatic carbocycles. The molecule has 0 spiro atoms. The van der Waals surface area contributed by atoms with Gasteiger partial charge in [-0.3, -0.25) is 0 Å². The molecule has 0 aliphatic rings. The molecule has 0 saturated heterocycles. The van der Waals surface area contributed by atoms with Gasteiger partial charge in [0.05, 0.1) is 5.69 Å². The number of hydrogen-bond donors (Lipinski definition) is 3. The first kappa shape index (κ1) is 14.5. The molecule has 0 unspecified atom stereocenters. The van der Waals surface area contributed by atoms with Crippen LogP contribution in [0.3, 0.4) is 0 Å². The number of nitrogens with one attached hydrogen (secondary N) is 2. The highest BCUT2D eigenvalue weighted by Crippen LogP contribution is 2.22. The lowest BCUT2D eigenvalue weighted by Gasteiger charge is -2.11. The van der Waals surface area contributed by atoms with Crippen LogP contribution in [0.1, 0.15) is 17.0 Å².